The molecular weight excluding hydrogens is 408 g/mol. The van der Waals surface area contributed by atoms with Crippen LogP contribution in [0.5, 0.6) is 5.75 Å². The van der Waals surface area contributed by atoms with Gasteiger partial charge in [-0.05, 0) is 0 Å². The molecule has 1 rings (SSSR count). The van der Waals surface area contributed by atoms with Crippen molar-refractivity contribution in [2.45, 2.75) is 33.3 Å². The topological polar surface area (TPSA) is 29.5 Å². The minimum atomic E-state index is -1.63. The minimum absolute atomic E-state index is 0.0964. The van der Waals surface area contributed by atoms with E-state index in [0.29, 0.717) is 15.2 Å². The number of nitrogens with zero attached hydrogens (tertiary/aromatic N) is 1. The molecule has 0 saturated heterocycles. The van der Waals surface area contributed by atoms with Crippen molar-refractivity contribution < 1.29 is 13.9 Å². The maximum absolute atomic E-state index is 13.5. The molecule has 0 heterocycles. The Kier molecular flexibility index (Phi) is 7.73. The molecule has 0 bridgehead atoms. The summed E-state index contributed by atoms with van der Waals surface area (Å²) in [6.07, 6.45) is 0.930. The molecule has 0 radical (unpaired) electrons. The van der Waals surface area contributed by atoms with E-state index in [4.69, 9.17) is 16.5 Å². The molecule has 1 atom stereocenters. The summed E-state index contributed by atoms with van der Waals surface area (Å²) < 4.78 is 22.7. The number of anilines is 1. The van der Waals surface area contributed by atoms with Crippen LogP contribution >= 0.6 is 31.6 Å². The monoisotopic (exact) mass is 429 g/mol. The first-order valence-corrected chi connectivity index (χ1v) is 11.3. The summed E-state index contributed by atoms with van der Waals surface area (Å²) in [5.41, 5.74) is 0.536. The number of benzene rings is 1. The van der Waals surface area contributed by atoms with Crippen LogP contribution in [0.15, 0.2) is 18.2 Å². The molecule has 0 spiro atoms. The number of alkyl halides is 2. The average Bonchev–Trinajstić information content (AvgIpc) is 2.37. The number of halogens is 3. The van der Waals surface area contributed by atoms with Gasteiger partial charge >= 0.3 is 138 Å². The van der Waals surface area contributed by atoms with Crippen molar-refractivity contribution in [1.29, 1.82) is 0 Å². The number of hydrogen-bond donors (Lipinski definition) is 0. The molecule has 21 heavy (non-hydrogen) atoms. The molecule has 0 aliphatic heterocycles. The molecular formula is C15H22ClFINO2. The molecule has 0 aliphatic carbocycles. The van der Waals surface area contributed by atoms with Crippen LogP contribution in [0.3, 0.4) is 0 Å². The van der Waals surface area contributed by atoms with Crippen LogP contribution in [0.1, 0.15) is 27.2 Å². The third-order valence-electron chi connectivity index (χ3n) is 2.75. The SMILES string of the molecule is CCCI(C[C@@H](C)Oc1cc(F)cc(N(C)Cl)c1)C(C)=O. The summed E-state index contributed by atoms with van der Waals surface area (Å²) in [5.74, 6) is 0.0542. The zero-order chi connectivity index (χ0) is 16.0. The van der Waals surface area contributed by atoms with Gasteiger partial charge in [-0.1, -0.05) is 0 Å². The number of carbonyl (C=O) groups is 1. The molecule has 120 valence electrons. The normalized spacial score (nSPS) is 12.8. The molecule has 0 N–H and O–H groups in total. The second-order valence-corrected chi connectivity index (χ2v) is 11.4. The fourth-order valence-electron chi connectivity index (χ4n) is 1.87. The first-order valence-electron chi connectivity index (χ1n) is 6.82. The third kappa shape index (κ3) is 6.38. The van der Waals surface area contributed by atoms with Gasteiger partial charge in [0, 0.05) is 0 Å². The van der Waals surface area contributed by atoms with E-state index in [0.717, 1.165) is 15.3 Å². The van der Waals surface area contributed by atoms with E-state index >= 15 is 0 Å². The van der Waals surface area contributed by atoms with Crippen LogP contribution < -0.4 is 9.16 Å². The zero-order valence-electron chi connectivity index (χ0n) is 12.8. The molecule has 1 aromatic rings. The van der Waals surface area contributed by atoms with Crippen LogP contribution in [0.4, 0.5) is 10.1 Å². The van der Waals surface area contributed by atoms with E-state index in [1.54, 1.807) is 20.0 Å². The molecule has 0 saturated carbocycles. The molecule has 0 aliphatic rings. The van der Waals surface area contributed by atoms with E-state index in [2.05, 4.69) is 6.92 Å². The Morgan fingerprint density at radius 2 is 2.14 bits per heavy atom. The number of hydrogen-bond acceptors (Lipinski definition) is 3. The van der Waals surface area contributed by atoms with E-state index in [1.807, 2.05) is 6.92 Å². The molecule has 1 aromatic carbocycles. The Hall–Kier alpha value is -0.560. The summed E-state index contributed by atoms with van der Waals surface area (Å²) >= 11 is 4.20. The fraction of sp³-hybridized carbons (Fsp3) is 0.533. The zero-order valence-corrected chi connectivity index (χ0v) is 15.7. The van der Waals surface area contributed by atoms with Gasteiger partial charge in [-0.2, -0.15) is 0 Å². The van der Waals surface area contributed by atoms with Crippen molar-refractivity contribution in [3.05, 3.63) is 24.0 Å². The van der Waals surface area contributed by atoms with Gasteiger partial charge in [-0.3, -0.25) is 0 Å². The maximum atomic E-state index is 13.5. The summed E-state index contributed by atoms with van der Waals surface area (Å²) in [6.45, 7) is 5.70. The Morgan fingerprint density at radius 3 is 2.67 bits per heavy atom. The Labute approximate surface area is 138 Å². The summed E-state index contributed by atoms with van der Waals surface area (Å²) in [7, 11) is 1.63. The first-order chi connectivity index (χ1) is 9.83. The molecule has 3 nitrogen and oxygen atoms in total. The number of ether oxygens (including phenoxy) is 1. The quantitative estimate of drug-likeness (QED) is 0.261. The Morgan fingerprint density at radius 1 is 1.48 bits per heavy atom. The van der Waals surface area contributed by atoms with E-state index in [9.17, 15) is 9.18 Å². The summed E-state index contributed by atoms with van der Waals surface area (Å²) in [6, 6.07) is 4.38. The predicted octanol–water partition coefficient (Wildman–Crippen LogP) is 4.65. The van der Waals surface area contributed by atoms with E-state index in [1.165, 1.54) is 16.6 Å². The summed E-state index contributed by atoms with van der Waals surface area (Å²) in [4.78, 5) is 11.6. The summed E-state index contributed by atoms with van der Waals surface area (Å²) in [5, 5.41) is 0. The van der Waals surface area contributed by atoms with Gasteiger partial charge < -0.3 is 0 Å². The van der Waals surface area contributed by atoms with Gasteiger partial charge in [0.25, 0.3) is 0 Å². The van der Waals surface area contributed by atoms with E-state index in [-0.39, 0.29) is 6.10 Å². The van der Waals surface area contributed by atoms with Gasteiger partial charge in [0.2, 0.25) is 0 Å². The van der Waals surface area contributed by atoms with Crippen LogP contribution in [-0.2, 0) is 4.79 Å². The van der Waals surface area contributed by atoms with Crippen molar-refractivity contribution in [1.82, 2.24) is 0 Å². The molecule has 6 heteroatoms. The van der Waals surface area contributed by atoms with Crippen molar-refractivity contribution in [3.63, 3.8) is 0 Å². The van der Waals surface area contributed by atoms with Crippen molar-refractivity contribution in [3.8, 4) is 5.75 Å². The molecule has 0 unspecified atom stereocenters. The van der Waals surface area contributed by atoms with Gasteiger partial charge in [0.1, 0.15) is 0 Å². The molecule has 0 aromatic heterocycles. The standard InChI is InChI=1S/C15H22ClFINO2/c1-5-6-18(12(3)20)10-11(2)21-15-8-13(17)7-14(9-15)19(4)16/h7-9,11H,5-6,10H2,1-4H3/t11-/m1/s1. The Bertz CT molecular complexity index is 485. The van der Waals surface area contributed by atoms with Gasteiger partial charge in [0.05, 0.1) is 0 Å². The van der Waals surface area contributed by atoms with Gasteiger partial charge in [-0.15, -0.1) is 0 Å². The van der Waals surface area contributed by atoms with Crippen molar-refractivity contribution in [2.24, 2.45) is 0 Å². The van der Waals surface area contributed by atoms with Crippen LogP contribution in [0.2, 0.25) is 0 Å². The van der Waals surface area contributed by atoms with Crippen LogP contribution in [0.25, 0.3) is 0 Å². The number of carbonyl (C=O) groups excluding carboxylic acids is 1. The van der Waals surface area contributed by atoms with Gasteiger partial charge in [0.15, 0.2) is 0 Å². The van der Waals surface area contributed by atoms with Gasteiger partial charge in [-0.25, -0.2) is 0 Å². The predicted molar refractivity (Wildman–Crippen MR) is 95.5 cm³/mol. The van der Waals surface area contributed by atoms with E-state index < -0.39 is 25.6 Å². The number of rotatable bonds is 8. The second kappa shape index (κ2) is 8.78. The third-order valence-corrected chi connectivity index (χ3v) is 9.77. The first kappa shape index (κ1) is 18.5. The average molecular weight is 430 g/mol. The van der Waals surface area contributed by atoms with Crippen LogP contribution in [-0.4, -0.2) is 25.8 Å². The van der Waals surface area contributed by atoms with Crippen LogP contribution in [0, 0.1) is 5.82 Å². The van der Waals surface area contributed by atoms with Crippen molar-refractivity contribution in [2.75, 3.05) is 20.3 Å². The van der Waals surface area contributed by atoms with Crippen molar-refractivity contribution >= 4 is 41.1 Å². The second-order valence-electron chi connectivity index (χ2n) is 4.82. The molecule has 0 fully saturated rings. The fourth-order valence-corrected chi connectivity index (χ4v) is 6.76. The Balaban J connectivity index is 2.73. The molecule has 0 amide bonds.